The number of carbonyl (C=O) groups excluding carboxylic acids is 1. The molecule has 4 aromatic rings. The van der Waals surface area contributed by atoms with Gasteiger partial charge in [0.05, 0.1) is 10.6 Å². The number of urea groups is 1. The zero-order valence-electron chi connectivity index (χ0n) is 18.0. The van der Waals surface area contributed by atoms with E-state index in [1.807, 2.05) is 44.2 Å². The number of para-hydroxylation sites is 1. The molecule has 5 nitrogen and oxygen atoms in total. The summed E-state index contributed by atoms with van der Waals surface area (Å²) in [6, 6.07) is 19.5. The molecule has 0 aliphatic rings. The number of hydrogen-bond acceptors (Lipinski definition) is 4. The molecule has 2 aromatic heterocycles. The van der Waals surface area contributed by atoms with E-state index in [0.717, 1.165) is 38.8 Å². The van der Waals surface area contributed by atoms with Gasteiger partial charge in [0, 0.05) is 22.6 Å². The minimum atomic E-state index is -0.319. The van der Waals surface area contributed by atoms with Crippen LogP contribution in [0.3, 0.4) is 0 Å². The summed E-state index contributed by atoms with van der Waals surface area (Å²) < 4.78 is 0. The van der Waals surface area contributed by atoms with Gasteiger partial charge in [0.25, 0.3) is 0 Å². The number of aromatic nitrogens is 2. The van der Waals surface area contributed by atoms with Crippen molar-refractivity contribution in [3.05, 3.63) is 83.2 Å². The van der Waals surface area contributed by atoms with Crippen LogP contribution in [0.2, 0.25) is 0 Å². The van der Waals surface area contributed by atoms with Gasteiger partial charge in [-0.05, 0) is 69.7 Å². The molecule has 0 radical (unpaired) electrons. The molecule has 6 heteroatoms. The van der Waals surface area contributed by atoms with Crippen molar-refractivity contribution in [1.82, 2.24) is 9.97 Å². The van der Waals surface area contributed by atoms with Crippen molar-refractivity contribution in [1.29, 1.82) is 0 Å². The minimum absolute atomic E-state index is 0.319. The number of pyridine rings is 1. The lowest BCUT2D eigenvalue weighted by molar-refractivity contribution is 0.262. The largest absolute Gasteiger partial charge is 0.325 e. The van der Waals surface area contributed by atoms with Crippen LogP contribution in [-0.4, -0.2) is 16.0 Å². The van der Waals surface area contributed by atoms with Crippen LogP contribution >= 0.6 is 11.3 Å². The van der Waals surface area contributed by atoms with Crippen molar-refractivity contribution in [3.8, 4) is 21.7 Å². The molecule has 31 heavy (non-hydrogen) atoms. The van der Waals surface area contributed by atoms with Crippen LogP contribution < -0.4 is 10.6 Å². The lowest BCUT2D eigenvalue weighted by Crippen LogP contribution is -2.19. The standard InChI is InChI=1S/C25H24N4OS/c1-15-10-16(2)12-19(11-15)22-23(20-13-17(3)26-18(4)14-20)31-25(28-22)29-24(30)27-21-8-6-5-7-9-21/h5-14H,1-4H3,(H2,27,28,29,30). The molecule has 0 aliphatic carbocycles. The van der Waals surface area contributed by atoms with Gasteiger partial charge in [-0.2, -0.15) is 0 Å². The Morgan fingerprint density at radius 1 is 0.774 bits per heavy atom. The zero-order chi connectivity index (χ0) is 22.0. The van der Waals surface area contributed by atoms with E-state index in [2.05, 4.69) is 59.8 Å². The van der Waals surface area contributed by atoms with E-state index in [0.29, 0.717) is 5.13 Å². The molecule has 0 spiro atoms. The molecule has 0 saturated carbocycles. The molecule has 0 unspecified atom stereocenters. The first-order valence-corrected chi connectivity index (χ1v) is 10.9. The van der Waals surface area contributed by atoms with Gasteiger partial charge in [0.1, 0.15) is 0 Å². The second-order valence-electron chi connectivity index (χ2n) is 7.66. The van der Waals surface area contributed by atoms with Crippen LogP contribution in [0.15, 0.2) is 60.7 Å². The third-order valence-corrected chi connectivity index (χ3v) is 5.74. The number of nitrogens with zero attached hydrogens (tertiary/aromatic N) is 2. The molecule has 0 aliphatic heterocycles. The summed E-state index contributed by atoms with van der Waals surface area (Å²) in [5.41, 5.74) is 7.92. The lowest BCUT2D eigenvalue weighted by Gasteiger charge is -2.07. The highest BCUT2D eigenvalue weighted by Crippen LogP contribution is 2.40. The Morgan fingerprint density at radius 3 is 2.06 bits per heavy atom. The van der Waals surface area contributed by atoms with Crippen molar-refractivity contribution >= 4 is 28.2 Å². The van der Waals surface area contributed by atoms with Crippen molar-refractivity contribution in [3.63, 3.8) is 0 Å². The first-order valence-electron chi connectivity index (χ1n) is 10.1. The first kappa shape index (κ1) is 20.8. The predicted molar refractivity (Wildman–Crippen MR) is 129 cm³/mol. The molecule has 0 bridgehead atoms. The van der Waals surface area contributed by atoms with Crippen LogP contribution in [0.5, 0.6) is 0 Å². The number of benzene rings is 2. The summed E-state index contributed by atoms with van der Waals surface area (Å²) in [5, 5.41) is 6.28. The lowest BCUT2D eigenvalue weighted by atomic mass is 10.0. The number of hydrogen-bond donors (Lipinski definition) is 2. The van der Waals surface area contributed by atoms with Gasteiger partial charge in [-0.1, -0.05) is 46.7 Å². The molecule has 4 rings (SSSR count). The Labute approximate surface area is 186 Å². The van der Waals surface area contributed by atoms with E-state index in [1.165, 1.54) is 22.5 Å². The van der Waals surface area contributed by atoms with Gasteiger partial charge in [-0.25, -0.2) is 9.78 Å². The fraction of sp³-hybridized carbons (Fsp3) is 0.160. The minimum Gasteiger partial charge on any atom is -0.308 e. The maximum Gasteiger partial charge on any atom is 0.325 e. The third kappa shape index (κ3) is 4.98. The van der Waals surface area contributed by atoms with Gasteiger partial charge in [0.15, 0.2) is 5.13 Å². The maximum atomic E-state index is 12.5. The van der Waals surface area contributed by atoms with E-state index in [-0.39, 0.29) is 6.03 Å². The van der Waals surface area contributed by atoms with Gasteiger partial charge in [0.2, 0.25) is 0 Å². The normalized spacial score (nSPS) is 10.7. The molecule has 0 atom stereocenters. The number of thiazole rings is 1. The SMILES string of the molecule is Cc1cc(C)cc(-c2nc(NC(=O)Nc3ccccc3)sc2-c2cc(C)nc(C)c2)c1. The fourth-order valence-corrected chi connectivity index (χ4v) is 4.59. The Balaban J connectivity index is 1.74. The molecular weight excluding hydrogens is 404 g/mol. The summed E-state index contributed by atoms with van der Waals surface area (Å²) in [5.74, 6) is 0. The Morgan fingerprint density at radius 2 is 1.42 bits per heavy atom. The molecule has 0 saturated heterocycles. The van der Waals surface area contributed by atoms with Gasteiger partial charge < -0.3 is 5.32 Å². The van der Waals surface area contributed by atoms with E-state index in [4.69, 9.17) is 4.98 Å². The van der Waals surface area contributed by atoms with Crippen LogP contribution in [0, 0.1) is 27.7 Å². The van der Waals surface area contributed by atoms with E-state index < -0.39 is 0 Å². The molecule has 0 fully saturated rings. The number of nitrogens with one attached hydrogen (secondary N) is 2. The van der Waals surface area contributed by atoms with Crippen molar-refractivity contribution in [2.45, 2.75) is 27.7 Å². The fourth-order valence-electron chi connectivity index (χ4n) is 3.62. The highest BCUT2D eigenvalue weighted by atomic mass is 32.1. The van der Waals surface area contributed by atoms with E-state index in [1.54, 1.807) is 0 Å². The Kier molecular flexibility index (Phi) is 5.82. The van der Waals surface area contributed by atoms with Gasteiger partial charge in [-0.15, -0.1) is 0 Å². The molecule has 2 amide bonds. The monoisotopic (exact) mass is 428 g/mol. The molecule has 2 N–H and O–H groups in total. The summed E-state index contributed by atoms with van der Waals surface area (Å²) >= 11 is 1.46. The summed E-state index contributed by atoms with van der Waals surface area (Å²) in [7, 11) is 0. The predicted octanol–water partition coefficient (Wildman–Crippen LogP) is 6.75. The van der Waals surface area contributed by atoms with Crippen molar-refractivity contribution < 1.29 is 4.79 Å². The van der Waals surface area contributed by atoms with Gasteiger partial charge in [-0.3, -0.25) is 10.3 Å². The average molecular weight is 429 g/mol. The van der Waals surface area contributed by atoms with Crippen LogP contribution in [0.25, 0.3) is 21.7 Å². The highest BCUT2D eigenvalue weighted by Gasteiger charge is 2.18. The topological polar surface area (TPSA) is 66.9 Å². The van der Waals surface area contributed by atoms with Crippen molar-refractivity contribution in [2.75, 3.05) is 10.6 Å². The van der Waals surface area contributed by atoms with E-state index >= 15 is 0 Å². The average Bonchev–Trinajstić information content (AvgIpc) is 3.11. The van der Waals surface area contributed by atoms with Crippen molar-refractivity contribution in [2.24, 2.45) is 0 Å². The van der Waals surface area contributed by atoms with E-state index in [9.17, 15) is 4.79 Å². The molecule has 2 aromatic carbocycles. The summed E-state index contributed by atoms with van der Waals surface area (Å²) in [4.78, 5) is 22.8. The summed E-state index contributed by atoms with van der Waals surface area (Å²) in [6.45, 7) is 8.13. The maximum absolute atomic E-state index is 12.5. The zero-order valence-corrected chi connectivity index (χ0v) is 18.8. The number of amides is 2. The van der Waals surface area contributed by atoms with Gasteiger partial charge >= 0.3 is 6.03 Å². The van der Waals surface area contributed by atoms with Crippen LogP contribution in [0.4, 0.5) is 15.6 Å². The molecule has 2 heterocycles. The smallest absolute Gasteiger partial charge is 0.308 e. The number of aryl methyl sites for hydroxylation is 4. The Bertz CT molecular complexity index is 1140. The second-order valence-corrected chi connectivity index (χ2v) is 8.66. The highest BCUT2D eigenvalue weighted by molar-refractivity contribution is 7.19. The Hall–Kier alpha value is -3.51. The van der Waals surface area contributed by atoms with Crippen LogP contribution in [-0.2, 0) is 0 Å². The van der Waals surface area contributed by atoms with Crippen LogP contribution in [0.1, 0.15) is 22.5 Å². The number of carbonyl (C=O) groups is 1. The third-order valence-electron chi connectivity index (χ3n) is 4.72. The molecular formula is C25H24N4OS. The summed E-state index contributed by atoms with van der Waals surface area (Å²) in [6.07, 6.45) is 0. The second kappa shape index (κ2) is 8.70. The quantitative estimate of drug-likeness (QED) is 0.378. The molecule has 156 valence electrons. The number of rotatable bonds is 4. The first-order chi connectivity index (χ1) is 14.9. The number of anilines is 2.